The maximum atomic E-state index is 5.53. The number of hydrogen-bond donors (Lipinski definition) is 2. The van der Waals surface area contributed by atoms with Gasteiger partial charge in [-0.1, -0.05) is 6.92 Å². The molecule has 0 saturated carbocycles. The Kier molecular flexibility index (Phi) is 7.01. The van der Waals surface area contributed by atoms with Gasteiger partial charge in [0.2, 0.25) is 0 Å². The Hall–Kier alpha value is -0.120. The monoisotopic (exact) mass is 227 g/mol. The van der Waals surface area contributed by atoms with E-state index in [1.54, 1.807) is 0 Å². The van der Waals surface area contributed by atoms with Gasteiger partial charge in [-0.3, -0.25) is 0 Å². The van der Waals surface area contributed by atoms with Gasteiger partial charge in [0.1, 0.15) is 0 Å². The molecule has 1 heterocycles. The van der Waals surface area contributed by atoms with Crippen LogP contribution in [-0.2, 0) is 0 Å². The standard InChI is InChI=1S/C13H29N3/c1-12(5-7-14)10-15-8-6-13-4-3-9-16(2)11-13/h12-13,15H,3-11,14H2,1-2H3. The molecule has 96 valence electrons. The maximum Gasteiger partial charge on any atom is 0.000709 e. The smallest absolute Gasteiger partial charge is 0.000709 e. The second-order valence-electron chi connectivity index (χ2n) is 5.45. The molecule has 3 heteroatoms. The normalized spacial score (nSPS) is 24.6. The van der Waals surface area contributed by atoms with Crippen LogP contribution in [0.25, 0.3) is 0 Å². The number of nitrogens with one attached hydrogen (secondary N) is 1. The second kappa shape index (κ2) is 8.04. The fraction of sp³-hybridized carbons (Fsp3) is 1.00. The summed E-state index contributed by atoms with van der Waals surface area (Å²) in [5.41, 5.74) is 5.53. The zero-order valence-electron chi connectivity index (χ0n) is 11.0. The lowest BCUT2D eigenvalue weighted by Crippen LogP contribution is -2.34. The minimum atomic E-state index is 0.721. The van der Waals surface area contributed by atoms with Gasteiger partial charge in [-0.2, -0.15) is 0 Å². The lowest BCUT2D eigenvalue weighted by atomic mass is 9.95. The van der Waals surface area contributed by atoms with Crippen molar-refractivity contribution in [1.82, 2.24) is 10.2 Å². The van der Waals surface area contributed by atoms with Crippen molar-refractivity contribution in [3.63, 3.8) is 0 Å². The predicted molar refractivity (Wildman–Crippen MR) is 70.5 cm³/mol. The van der Waals surface area contributed by atoms with E-state index in [9.17, 15) is 0 Å². The van der Waals surface area contributed by atoms with Crippen molar-refractivity contribution in [3.8, 4) is 0 Å². The van der Waals surface area contributed by atoms with E-state index in [2.05, 4.69) is 24.2 Å². The van der Waals surface area contributed by atoms with E-state index >= 15 is 0 Å². The van der Waals surface area contributed by atoms with Gasteiger partial charge in [-0.25, -0.2) is 0 Å². The Morgan fingerprint density at radius 1 is 1.50 bits per heavy atom. The molecule has 16 heavy (non-hydrogen) atoms. The molecule has 0 aliphatic carbocycles. The number of nitrogens with zero attached hydrogens (tertiary/aromatic N) is 1. The molecule has 1 aliphatic rings. The molecule has 1 saturated heterocycles. The summed E-state index contributed by atoms with van der Waals surface area (Å²) < 4.78 is 0. The predicted octanol–water partition coefficient (Wildman–Crippen LogP) is 1.29. The molecule has 3 nitrogen and oxygen atoms in total. The van der Waals surface area contributed by atoms with Crippen molar-refractivity contribution in [2.75, 3.05) is 39.8 Å². The number of nitrogens with two attached hydrogens (primary N) is 1. The van der Waals surface area contributed by atoms with E-state index in [4.69, 9.17) is 5.73 Å². The van der Waals surface area contributed by atoms with Crippen LogP contribution in [0.2, 0.25) is 0 Å². The number of rotatable bonds is 7. The van der Waals surface area contributed by atoms with Gasteiger partial charge < -0.3 is 16.0 Å². The molecule has 0 aromatic heterocycles. The summed E-state index contributed by atoms with van der Waals surface area (Å²) >= 11 is 0. The Morgan fingerprint density at radius 3 is 3.00 bits per heavy atom. The highest BCUT2D eigenvalue weighted by atomic mass is 15.1. The molecule has 0 amide bonds. The number of likely N-dealkylation sites (tertiary alicyclic amines) is 1. The summed E-state index contributed by atoms with van der Waals surface area (Å²) in [5.74, 6) is 1.63. The van der Waals surface area contributed by atoms with E-state index in [1.807, 2.05) is 0 Å². The zero-order chi connectivity index (χ0) is 11.8. The molecule has 0 spiro atoms. The van der Waals surface area contributed by atoms with Crippen LogP contribution in [0.3, 0.4) is 0 Å². The van der Waals surface area contributed by atoms with Crippen molar-refractivity contribution in [1.29, 1.82) is 0 Å². The number of piperidine rings is 1. The first-order valence-electron chi connectivity index (χ1n) is 6.81. The molecule has 3 N–H and O–H groups in total. The molecular weight excluding hydrogens is 198 g/mol. The van der Waals surface area contributed by atoms with Gasteiger partial charge in [0, 0.05) is 6.54 Å². The quantitative estimate of drug-likeness (QED) is 0.644. The van der Waals surface area contributed by atoms with Gasteiger partial charge in [0.25, 0.3) is 0 Å². The van der Waals surface area contributed by atoms with Crippen molar-refractivity contribution < 1.29 is 0 Å². The van der Waals surface area contributed by atoms with Crippen molar-refractivity contribution in [2.45, 2.75) is 32.6 Å². The molecule has 0 aromatic rings. The summed E-state index contributed by atoms with van der Waals surface area (Å²) in [6, 6.07) is 0. The van der Waals surface area contributed by atoms with Crippen LogP contribution in [0.1, 0.15) is 32.6 Å². The van der Waals surface area contributed by atoms with Crippen LogP contribution in [0.4, 0.5) is 0 Å². The van der Waals surface area contributed by atoms with Crippen LogP contribution in [0.5, 0.6) is 0 Å². The lowest BCUT2D eigenvalue weighted by molar-refractivity contribution is 0.201. The molecule has 0 aromatic carbocycles. The van der Waals surface area contributed by atoms with Crippen molar-refractivity contribution >= 4 is 0 Å². The fourth-order valence-electron chi connectivity index (χ4n) is 2.55. The summed E-state index contributed by atoms with van der Waals surface area (Å²) in [7, 11) is 2.24. The van der Waals surface area contributed by atoms with Crippen LogP contribution >= 0.6 is 0 Å². The average Bonchev–Trinajstić information content (AvgIpc) is 2.25. The summed E-state index contributed by atoms with van der Waals surface area (Å²) in [4.78, 5) is 2.46. The SMILES string of the molecule is CC(CCN)CNCCC1CCCN(C)C1. The van der Waals surface area contributed by atoms with Crippen molar-refractivity contribution in [2.24, 2.45) is 17.6 Å². The van der Waals surface area contributed by atoms with Crippen LogP contribution in [0, 0.1) is 11.8 Å². The van der Waals surface area contributed by atoms with Gasteiger partial charge in [0.05, 0.1) is 0 Å². The highest BCUT2D eigenvalue weighted by Gasteiger charge is 2.16. The summed E-state index contributed by atoms with van der Waals surface area (Å²) in [6.45, 7) is 7.97. The van der Waals surface area contributed by atoms with E-state index in [1.165, 1.54) is 38.9 Å². The minimum absolute atomic E-state index is 0.721. The first kappa shape index (κ1) is 13.9. The third kappa shape index (κ3) is 5.83. The first-order chi connectivity index (χ1) is 7.72. The molecular formula is C13H29N3. The molecule has 2 atom stereocenters. The topological polar surface area (TPSA) is 41.3 Å². The van der Waals surface area contributed by atoms with Gasteiger partial charge >= 0.3 is 0 Å². The summed E-state index contributed by atoms with van der Waals surface area (Å²) in [5, 5.41) is 3.56. The van der Waals surface area contributed by atoms with E-state index in [0.717, 1.165) is 31.3 Å². The molecule has 1 aliphatic heterocycles. The van der Waals surface area contributed by atoms with Crippen molar-refractivity contribution in [3.05, 3.63) is 0 Å². The largest absolute Gasteiger partial charge is 0.330 e. The number of hydrogen-bond acceptors (Lipinski definition) is 3. The molecule has 1 rings (SSSR count). The Labute approximate surface area is 101 Å². The summed E-state index contributed by atoms with van der Waals surface area (Å²) in [6.07, 6.45) is 5.27. The van der Waals surface area contributed by atoms with E-state index in [-0.39, 0.29) is 0 Å². The lowest BCUT2D eigenvalue weighted by Gasteiger charge is -2.29. The highest BCUT2D eigenvalue weighted by molar-refractivity contribution is 4.71. The Morgan fingerprint density at radius 2 is 2.31 bits per heavy atom. The molecule has 0 bridgehead atoms. The Bertz CT molecular complexity index is 173. The maximum absolute atomic E-state index is 5.53. The molecule has 1 fully saturated rings. The minimum Gasteiger partial charge on any atom is -0.330 e. The molecule has 2 unspecified atom stereocenters. The average molecular weight is 227 g/mol. The van der Waals surface area contributed by atoms with Crippen LogP contribution in [-0.4, -0.2) is 44.7 Å². The third-order valence-corrected chi connectivity index (χ3v) is 3.60. The van der Waals surface area contributed by atoms with Gasteiger partial charge in [-0.15, -0.1) is 0 Å². The molecule has 0 radical (unpaired) electrons. The first-order valence-corrected chi connectivity index (χ1v) is 6.81. The zero-order valence-corrected chi connectivity index (χ0v) is 11.0. The van der Waals surface area contributed by atoms with Gasteiger partial charge in [-0.05, 0) is 70.7 Å². The van der Waals surface area contributed by atoms with E-state index in [0.29, 0.717) is 0 Å². The van der Waals surface area contributed by atoms with Crippen LogP contribution < -0.4 is 11.1 Å². The highest BCUT2D eigenvalue weighted by Crippen LogP contribution is 2.17. The van der Waals surface area contributed by atoms with Gasteiger partial charge in [0.15, 0.2) is 0 Å². The van der Waals surface area contributed by atoms with E-state index < -0.39 is 0 Å². The van der Waals surface area contributed by atoms with Crippen LogP contribution in [0.15, 0.2) is 0 Å². The second-order valence-corrected chi connectivity index (χ2v) is 5.45. The fourth-order valence-corrected chi connectivity index (χ4v) is 2.55. The third-order valence-electron chi connectivity index (χ3n) is 3.60. The Balaban J connectivity index is 1.98.